The zero-order valence-electron chi connectivity index (χ0n) is 8.02. The van der Waals surface area contributed by atoms with Crippen LogP contribution in [0.5, 0.6) is 0 Å². The molecule has 0 radical (unpaired) electrons. The van der Waals surface area contributed by atoms with Gasteiger partial charge < -0.3 is 0 Å². The highest BCUT2D eigenvalue weighted by atomic mass is 16.7. The van der Waals surface area contributed by atoms with Crippen molar-refractivity contribution in [3.8, 4) is 0 Å². The maximum absolute atomic E-state index is 5.51. The van der Waals surface area contributed by atoms with E-state index in [0.29, 0.717) is 0 Å². The lowest BCUT2D eigenvalue weighted by Gasteiger charge is -2.15. The number of hydrogen-bond donors (Lipinski definition) is 2. The predicted molar refractivity (Wildman–Crippen MR) is 53.7 cm³/mol. The van der Waals surface area contributed by atoms with Gasteiger partial charge in [-0.15, -0.1) is 0 Å². The molecule has 4 heteroatoms. The van der Waals surface area contributed by atoms with Gasteiger partial charge in [0, 0.05) is 19.5 Å². The molecular weight excluding hydrogens is 178 g/mol. The molecular formula is C10H15N3O. The van der Waals surface area contributed by atoms with Gasteiger partial charge in [0.2, 0.25) is 0 Å². The van der Waals surface area contributed by atoms with Gasteiger partial charge >= 0.3 is 0 Å². The number of rotatable bonds is 3. The summed E-state index contributed by atoms with van der Waals surface area (Å²) in [6, 6.07) is 10.3. The number of hydroxylamine groups is 2. The van der Waals surface area contributed by atoms with Gasteiger partial charge in [0.15, 0.2) is 0 Å². The molecule has 1 heterocycles. The highest BCUT2D eigenvalue weighted by Gasteiger charge is 2.21. The molecule has 0 amide bonds. The molecule has 0 aliphatic carbocycles. The molecule has 14 heavy (non-hydrogen) atoms. The Bertz CT molecular complexity index is 278. The van der Waals surface area contributed by atoms with Crippen molar-refractivity contribution in [2.75, 3.05) is 6.54 Å². The Balaban J connectivity index is 1.88. The average Bonchev–Trinajstić information content (AvgIpc) is 2.67. The van der Waals surface area contributed by atoms with E-state index in [1.165, 1.54) is 5.56 Å². The molecule has 2 rings (SSSR count). The van der Waals surface area contributed by atoms with Crippen LogP contribution in [0.1, 0.15) is 12.0 Å². The van der Waals surface area contributed by atoms with Crippen molar-refractivity contribution in [2.24, 2.45) is 5.84 Å². The molecule has 1 unspecified atom stereocenters. The van der Waals surface area contributed by atoms with Gasteiger partial charge in [-0.25, -0.2) is 5.43 Å². The summed E-state index contributed by atoms with van der Waals surface area (Å²) in [5, 5.41) is 1.93. The van der Waals surface area contributed by atoms with Crippen molar-refractivity contribution in [1.82, 2.24) is 10.5 Å². The highest BCUT2D eigenvalue weighted by Crippen LogP contribution is 2.13. The number of benzene rings is 1. The fourth-order valence-corrected chi connectivity index (χ4v) is 1.56. The van der Waals surface area contributed by atoms with Crippen LogP contribution in [0.15, 0.2) is 30.3 Å². The number of nitrogens with one attached hydrogen (secondary N) is 1. The molecule has 0 bridgehead atoms. The van der Waals surface area contributed by atoms with Crippen LogP contribution >= 0.6 is 0 Å². The summed E-state index contributed by atoms with van der Waals surface area (Å²) in [7, 11) is 0. The summed E-state index contributed by atoms with van der Waals surface area (Å²) in [6.07, 6.45) is 0.905. The maximum Gasteiger partial charge on any atom is 0.143 e. The smallest absolute Gasteiger partial charge is 0.143 e. The maximum atomic E-state index is 5.51. The van der Waals surface area contributed by atoms with Gasteiger partial charge in [-0.2, -0.15) is 5.06 Å². The van der Waals surface area contributed by atoms with Crippen LogP contribution in [0, 0.1) is 0 Å². The van der Waals surface area contributed by atoms with Gasteiger partial charge in [0.1, 0.15) is 6.23 Å². The fraction of sp³-hybridized carbons (Fsp3) is 0.400. The zero-order chi connectivity index (χ0) is 9.80. The van der Waals surface area contributed by atoms with E-state index in [4.69, 9.17) is 10.7 Å². The third kappa shape index (κ3) is 2.30. The largest absolute Gasteiger partial charge is 0.279 e. The van der Waals surface area contributed by atoms with E-state index in [1.807, 2.05) is 23.3 Å². The van der Waals surface area contributed by atoms with E-state index in [0.717, 1.165) is 19.5 Å². The standard InChI is InChI=1S/C10H15N3O/c11-12-10-6-7-13(14-10)8-9-4-2-1-3-5-9/h1-5,10,12H,6-8,11H2. The molecule has 1 aromatic rings. The quantitative estimate of drug-likeness (QED) is 0.545. The lowest BCUT2D eigenvalue weighted by molar-refractivity contribution is -0.160. The third-order valence-corrected chi connectivity index (χ3v) is 2.30. The van der Waals surface area contributed by atoms with Crippen LogP contribution in [0.2, 0.25) is 0 Å². The van der Waals surface area contributed by atoms with Gasteiger partial charge in [-0.1, -0.05) is 30.3 Å². The Morgan fingerprint density at radius 1 is 1.43 bits per heavy atom. The Labute approximate surface area is 83.6 Å². The molecule has 1 aliphatic heterocycles. The van der Waals surface area contributed by atoms with E-state index in [9.17, 15) is 0 Å². The second-order valence-corrected chi connectivity index (χ2v) is 3.40. The van der Waals surface area contributed by atoms with Crippen molar-refractivity contribution in [3.63, 3.8) is 0 Å². The minimum absolute atomic E-state index is 0.0290. The highest BCUT2D eigenvalue weighted by molar-refractivity contribution is 5.14. The fourth-order valence-electron chi connectivity index (χ4n) is 1.56. The molecule has 1 saturated heterocycles. The Morgan fingerprint density at radius 3 is 2.86 bits per heavy atom. The van der Waals surface area contributed by atoms with Crippen molar-refractivity contribution in [2.45, 2.75) is 19.2 Å². The normalized spacial score (nSPS) is 22.8. The van der Waals surface area contributed by atoms with Crippen LogP contribution in [0.3, 0.4) is 0 Å². The minimum Gasteiger partial charge on any atom is -0.279 e. The second kappa shape index (κ2) is 4.52. The van der Waals surface area contributed by atoms with Gasteiger partial charge in [0.25, 0.3) is 0 Å². The lowest BCUT2D eigenvalue weighted by Crippen LogP contribution is -2.35. The first-order chi connectivity index (χ1) is 6.88. The molecule has 1 aromatic carbocycles. The van der Waals surface area contributed by atoms with Crippen LogP contribution in [-0.4, -0.2) is 17.8 Å². The van der Waals surface area contributed by atoms with Crippen LogP contribution < -0.4 is 11.3 Å². The second-order valence-electron chi connectivity index (χ2n) is 3.40. The van der Waals surface area contributed by atoms with E-state index in [1.54, 1.807) is 0 Å². The average molecular weight is 193 g/mol. The van der Waals surface area contributed by atoms with Gasteiger partial charge in [-0.05, 0) is 5.56 Å². The van der Waals surface area contributed by atoms with Crippen LogP contribution in [0.25, 0.3) is 0 Å². The van der Waals surface area contributed by atoms with Gasteiger partial charge in [0.05, 0.1) is 0 Å². The summed E-state index contributed by atoms with van der Waals surface area (Å²) in [5.74, 6) is 5.29. The first-order valence-corrected chi connectivity index (χ1v) is 4.80. The third-order valence-electron chi connectivity index (χ3n) is 2.30. The first kappa shape index (κ1) is 9.61. The Morgan fingerprint density at radius 2 is 2.21 bits per heavy atom. The van der Waals surface area contributed by atoms with Crippen molar-refractivity contribution < 1.29 is 4.84 Å². The lowest BCUT2D eigenvalue weighted by atomic mass is 10.2. The van der Waals surface area contributed by atoms with E-state index < -0.39 is 0 Å². The molecule has 0 saturated carbocycles. The SMILES string of the molecule is NNC1CCN(Cc2ccccc2)O1. The van der Waals surface area contributed by atoms with E-state index in [-0.39, 0.29) is 6.23 Å². The monoisotopic (exact) mass is 193 g/mol. The Kier molecular flexibility index (Phi) is 3.10. The molecule has 1 aliphatic rings. The summed E-state index contributed by atoms with van der Waals surface area (Å²) in [6.45, 7) is 1.74. The van der Waals surface area contributed by atoms with Crippen LogP contribution in [0.4, 0.5) is 0 Å². The zero-order valence-corrected chi connectivity index (χ0v) is 8.02. The van der Waals surface area contributed by atoms with Crippen molar-refractivity contribution >= 4 is 0 Å². The molecule has 76 valence electrons. The Hall–Kier alpha value is -0.940. The molecule has 0 spiro atoms. The topological polar surface area (TPSA) is 50.5 Å². The molecule has 0 aromatic heterocycles. The number of nitrogens with zero attached hydrogens (tertiary/aromatic N) is 1. The first-order valence-electron chi connectivity index (χ1n) is 4.80. The van der Waals surface area contributed by atoms with Crippen LogP contribution in [-0.2, 0) is 11.4 Å². The molecule has 1 atom stereocenters. The number of nitrogens with two attached hydrogens (primary N) is 1. The molecule has 1 fully saturated rings. The molecule has 3 N–H and O–H groups in total. The van der Waals surface area contributed by atoms with E-state index in [2.05, 4.69) is 17.6 Å². The number of hydrazine groups is 1. The summed E-state index contributed by atoms with van der Waals surface area (Å²) in [4.78, 5) is 5.51. The van der Waals surface area contributed by atoms with Crippen molar-refractivity contribution in [3.05, 3.63) is 35.9 Å². The predicted octanol–water partition coefficient (Wildman–Crippen LogP) is 0.613. The van der Waals surface area contributed by atoms with Crippen molar-refractivity contribution in [1.29, 1.82) is 0 Å². The minimum atomic E-state index is -0.0290. The summed E-state index contributed by atoms with van der Waals surface area (Å²) >= 11 is 0. The number of hydrogen-bond acceptors (Lipinski definition) is 4. The summed E-state index contributed by atoms with van der Waals surface area (Å²) in [5.41, 5.74) is 3.87. The van der Waals surface area contributed by atoms with Gasteiger partial charge in [-0.3, -0.25) is 10.7 Å². The molecule has 4 nitrogen and oxygen atoms in total. The van der Waals surface area contributed by atoms with E-state index >= 15 is 0 Å². The summed E-state index contributed by atoms with van der Waals surface area (Å²) < 4.78 is 0.